The average Bonchev–Trinajstić information content (AvgIpc) is 2.91. The molecular weight excluding hydrogens is 252 g/mol. The molecule has 3 rings (SSSR count). The third-order valence-electron chi connectivity index (χ3n) is 4.31. The van der Waals surface area contributed by atoms with E-state index in [9.17, 15) is 4.79 Å². The number of ether oxygens (including phenoxy) is 1. The van der Waals surface area contributed by atoms with Crippen molar-refractivity contribution in [3.63, 3.8) is 0 Å². The molecule has 2 atom stereocenters. The minimum Gasteiger partial charge on any atom is -0.373 e. The maximum atomic E-state index is 12.4. The van der Waals surface area contributed by atoms with Crippen molar-refractivity contribution in [2.75, 3.05) is 19.7 Å². The molecule has 1 amide bonds. The van der Waals surface area contributed by atoms with Crippen LogP contribution in [-0.4, -0.2) is 31.2 Å². The summed E-state index contributed by atoms with van der Waals surface area (Å²) in [7, 11) is 0. The summed E-state index contributed by atoms with van der Waals surface area (Å²) in [5, 5.41) is 6.36. The van der Waals surface area contributed by atoms with Crippen LogP contribution in [0.3, 0.4) is 0 Å². The van der Waals surface area contributed by atoms with Crippen LogP contribution >= 0.6 is 0 Å². The Balaban J connectivity index is 1.66. The summed E-state index contributed by atoms with van der Waals surface area (Å²) < 4.78 is 5.71. The Kier molecular flexibility index (Phi) is 3.76. The topological polar surface area (TPSA) is 50.4 Å². The van der Waals surface area contributed by atoms with Gasteiger partial charge in [0.15, 0.2) is 0 Å². The van der Waals surface area contributed by atoms with Crippen LogP contribution in [0.2, 0.25) is 0 Å². The fourth-order valence-electron chi connectivity index (χ4n) is 3.09. The highest BCUT2D eigenvalue weighted by Crippen LogP contribution is 2.25. The van der Waals surface area contributed by atoms with E-state index in [4.69, 9.17) is 4.74 Å². The second kappa shape index (κ2) is 5.54. The van der Waals surface area contributed by atoms with Gasteiger partial charge in [-0.1, -0.05) is 24.3 Å². The number of rotatable bonds is 3. The van der Waals surface area contributed by atoms with Gasteiger partial charge in [-0.2, -0.15) is 0 Å². The molecule has 2 heterocycles. The fraction of sp³-hybridized carbons (Fsp3) is 0.562. The average molecular weight is 274 g/mol. The molecule has 0 aliphatic carbocycles. The van der Waals surface area contributed by atoms with Crippen LogP contribution in [0.5, 0.6) is 0 Å². The van der Waals surface area contributed by atoms with Crippen molar-refractivity contribution < 1.29 is 9.53 Å². The van der Waals surface area contributed by atoms with Gasteiger partial charge < -0.3 is 15.4 Å². The molecule has 4 heteroatoms. The highest BCUT2D eigenvalue weighted by Gasteiger charge is 2.32. The number of fused-ring (bicyclic) bond motifs is 1. The summed E-state index contributed by atoms with van der Waals surface area (Å²) in [5.41, 5.74) is 2.19. The van der Waals surface area contributed by atoms with Crippen molar-refractivity contribution in [2.24, 2.45) is 0 Å². The van der Waals surface area contributed by atoms with Gasteiger partial charge in [0, 0.05) is 19.7 Å². The predicted octanol–water partition coefficient (Wildman–Crippen LogP) is 1.56. The molecule has 2 N–H and O–H groups in total. The van der Waals surface area contributed by atoms with E-state index in [0.29, 0.717) is 6.54 Å². The molecule has 2 aliphatic heterocycles. The van der Waals surface area contributed by atoms with Crippen molar-refractivity contribution in [1.82, 2.24) is 10.6 Å². The molecule has 20 heavy (non-hydrogen) atoms. The maximum Gasteiger partial charge on any atom is 0.241 e. The van der Waals surface area contributed by atoms with Gasteiger partial charge in [-0.3, -0.25) is 4.79 Å². The summed E-state index contributed by atoms with van der Waals surface area (Å²) in [4.78, 5) is 12.4. The van der Waals surface area contributed by atoms with Crippen LogP contribution in [0.4, 0.5) is 0 Å². The van der Waals surface area contributed by atoms with E-state index in [2.05, 4.69) is 23.6 Å². The Bertz CT molecular complexity index is 495. The minimum atomic E-state index is -0.232. The quantitative estimate of drug-likeness (QED) is 0.879. The van der Waals surface area contributed by atoms with Crippen LogP contribution in [-0.2, 0) is 16.0 Å². The van der Waals surface area contributed by atoms with Crippen LogP contribution in [0, 0.1) is 0 Å². The zero-order valence-electron chi connectivity index (χ0n) is 11.9. The van der Waals surface area contributed by atoms with E-state index in [1.165, 1.54) is 5.56 Å². The maximum absolute atomic E-state index is 12.4. The molecule has 1 aromatic carbocycles. The number of amides is 1. The van der Waals surface area contributed by atoms with Gasteiger partial charge in [-0.25, -0.2) is 0 Å². The third kappa shape index (κ3) is 2.72. The first kappa shape index (κ1) is 13.6. The van der Waals surface area contributed by atoms with E-state index >= 15 is 0 Å². The molecule has 2 aliphatic rings. The zero-order valence-corrected chi connectivity index (χ0v) is 11.9. The lowest BCUT2D eigenvalue weighted by Crippen LogP contribution is -2.46. The standard InChI is InChI=1S/C16H22N2O2/c1-16(8-4-10-20-16)11-18-15(19)14-13-6-3-2-5-12(13)7-9-17-14/h2-3,5-6,14,17H,4,7-11H2,1H3,(H,18,19). The van der Waals surface area contributed by atoms with Gasteiger partial charge in [-0.05, 0) is 37.3 Å². The van der Waals surface area contributed by atoms with Gasteiger partial charge >= 0.3 is 0 Å². The lowest BCUT2D eigenvalue weighted by Gasteiger charge is -2.28. The largest absolute Gasteiger partial charge is 0.373 e. The fourth-order valence-corrected chi connectivity index (χ4v) is 3.09. The smallest absolute Gasteiger partial charge is 0.241 e. The summed E-state index contributed by atoms with van der Waals surface area (Å²) in [5.74, 6) is 0.0499. The Labute approximate surface area is 119 Å². The Morgan fingerprint density at radius 2 is 2.35 bits per heavy atom. The van der Waals surface area contributed by atoms with Crippen LogP contribution in [0.1, 0.15) is 36.9 Å². The van der Waals surface area contributed by atoms with E-state index < -0.39 is 0 Å². The molecule has 0 radical (unpaired) electrons. The van der Waals surface area contributed by atoms with Gasteiger partial charge in [-0.15, -0.1) is 0 Å². The minimum absolute atomic E-state index is 0.0499. The molecule has 1 saturated heterocycles. The van der Waals surface area contributed by atoms with Gasteiger partial charge in [0.25, 0.3) is 0 Å². The highest BCUT2D eigenvalue weighted by molar-refractivity contribution is 5.84. The first-order chi connectivity index (χ1) is 9.68. The monoisotopic (exact) mass is 274 g/mol. The molecular formula is C16H22N2O2. The third-order valence-corrected chi connectivity index (χ3v) is 4.31. The molecule has 0 aromatic heterocycles. The van der Waals surface area contributed by atoms with Crippen LogP contribution < -0.4 is 10.6 Å². The number of carbonyl (C=O) groups excluding carboxylic acids is 1. The molecule has 1 fully saturated rings. The summed E-state index contributed by atoms with van der Waals surface area (Å²) in [6.45, 7) is 4.31. The van der Waals surface area contributed by atoms with E-state index in [0.717, 1.165) is 38.0 Å². The second-order valence-corrected chi connectivity index (χ2v) is 5.96. The van der Waals surface area contributed by atoms with Gasteiger partial charge in [0.1, 0.15) is 6.04 Å². The first-order valence-electron chi connectivity index (χ1n) is 7.41. The Morgan fingerprint density at radius 3 is 3.15 bits per heavy atom. The van der Waals surface area contributed by atoms with Crippen molar-refractivity contribution in [3.8, 4) is 0 Å². The van der Waals surface area contributed by atoms with Crippen LogP contribution in [0.15, 0.2) is 24.3 Å². The molecule has 108 valence electrons. The van der Waals surface area contributed by atoms with Crippen molar-refractivity contribution in [3.05, 3.63) is 35.4 Å². The lowest BCUT2D eigenvalue weighted by molar-refractivity contribution is -0.124. The molecule has 0 spiro atoms. The van der Waals surface area contributed by atoms with E-state index in [-0.39, 0.29) is 17.6 Å². The first-order valence-corrected chi connectivity index (χ1v) is 7.41. The molecule has 0 saturated carbocycles. The van der Waals surface area contributed by atoms with Crippen molar-refractivity contribution in [2.45, 2.75) is 37.8 Å². The van der Waals surface area contributed by atoms with E-state index in [1.807, 2.05) is 18.2 Å². The molecule has 0 bridgehead atoms. The van der Waals surface area contributed by atoms with Gasteiger partial charge in [0.05, 0.1) is 5.60 Å². The summed E-state index contributed by atoms with van der Waals surface area (Å²) in [6, 6.07) is 7.95. The number of carbonyl (C=O) groups is 1. The number of hydrogen-bond acceptors (Lipinski definition) is 3. The van der Waals surface area contributed by atoms with E-state index in [1.54, 1.807) is 0 Å². The predicted molar refractivity (Wildman–Crippen MR) is 77.5 cm³/mol. The molecule has 2 unspecified atom stereocenters. The SMILES string of the molecule is CC1(CNC(=O)C2NCCc3ccccc32)CCCO1. The number of benzene rings is 1. The zero-order chi connectivity index (χ0) is 14.0. The van der Waals surface area contributed by atoms with Crippen molar-refractivity contribution >= 4 is 5.91 Å². The summed E-state index contributed by atoms with van der Waals surface area (Å²) in [6.07, 6.45) is 3.08. The molecule has 1 aromatic rings. The summed E-state index contributed by atoms with van der Waals surface area (Å²) >= 11 is 0. The van der Waals surface area contributed by atoms with Crippen LogP contribution in [0.25, 0.3) is 0 Å². The normalized spacial score (nSPS) is 28.9. The van der Waals surface area contributed by atoms with Crippen molar-refractivity contribution in [1.29, 1.82) is 0 Å². The van der Waals surface area contributed by atoms with Gasteiger partial charge in [0.2, 0.25) is 5.91 Å². The second-order valence-electron chi connectivity index (χ2n) is 5.96. The number of hydrogen-bond donors (Lipinski definition) is 2. The number of nitrogens with one attached hydrogen (secondary N) is 2. The lowest BCUT2D eigenvalue weighted by atomic mass is 9.93. The Hall–Kier alpha value is -1.39. The Morgan fingerprint density at radius 1 is 1.50 bits per heavy atom. The molecule has 4 nitrogen and oxygen atoms in total. The highest BCUT2D eigenvalue weighted by atomic mass is 16.5.